The standard InChI is InChI=1S/C19H22F4N2/c1-17(2,3)16-15(20)12(8-9-24-16)10-18(4,5)14-7-6-13(11-25-14)19(21,22)23/h6-9,11H,10H2,1-5H3. The summed E-state index contributed by atoms with van der Waals surface area (Å²) in [6, 6.07) is 3.97. The van der Waals surface area contributed by atoms with Crippen LogP contribution in [0.4, 0.5) is 17.6 Å². The lowest BCUT2D eigenvalue weighted by molar-refractivity contribution is -0.137. The van der Waals surface area contributed by atoms with Crippen molar-refractivity contribution < 1.29 is 17.6 Å². The van der Waals surface area contributed by atoms with E-state index in [2.05, 4.69) is 9.97 Å². The average Bonchev–Trinajstić information content (AvgIpc) is 2.47. The lowest BCUT2D eigenvalue weighted by Crippen LogP contribution is -2.25. The van der Waals surface area contributed by atoms with E-state index in [1.807, 2.05) is 34.6 Å². The molecular weight excluding hydrogens is 332 g/mol. The largest absolute Gasteiger partial charge is 0.417 e. The van der Waals surface area contributed by atoms with Gasteiger partial charge in [-0.05, 0) is 30.2 Å². The van der Waals surface area contributed by atoms with Crippen molar-refractivity contribution in [1.29, 1.82) is 0 Å². The highest BCUT2D eigenvalue weighted by molar-refractivity contribution is 5.29. The summed E-state index contributed by atoms with van der Waals surface area (Å²) in [5.74, 6) is -0.366. The van der Waals surface area contributed by atoms with Gasteiger partial charge in [-0.3, -0.25) is 9.97 Å². The van der Waals surface area contributed by atoms with Crippen LogP contribution >= 0.6 is 0 Å². The van der Waals surface area contributed by atoms with E-state index in [0.717, 1.165) is 12.3 Å². The van der Waals surface area contributed by atoms with Crippen molar-refractivity contribution in [2.75, 3.05) is 0 Å². The van der Waals surface area contributed by atoms with E-state index in [9.17, 15) is 17.6 Å². The van der Waals surface area contributed by atoms with Gasteiger partial charge >= 0.3 is 6.18 Å². The molecule has 0 unspecified atom stereocenters. The van der Waals surface area contributed by atoms with Crippen molar-refractivity contribution in [3.05, 3.63) is 58.9 Å². The van der Waals surface area contributed by atoms with Crippen LogP contribution in [0.3, 0.4) is 0 Å². The Hall–Kier alpha value is -1.98. The van der Waals surface area contributed by atoms with Crippen LogP contribution < -0.4 is 0 Å². The Labute approximate surface area is 145 Å². The van der Waals surface area contributed by atoms with Gasteiger partial charge < -0.3 is 0 Å². The molecule has 0 aromatic carbocycles. The zero-order chi connectivity index (χ0) is 19.0. The second-order valence-corrected chi connectivity index (χ2v) is 7.87. The minimum atomic E-state index is -4.42. The molecule has 2 nitrogen and oxygen atoms in total. The van der Waals surface area contributed by atoms with E-state index in [1.54, 1.807) is 12.3 Å². The number of hydrogen-bond donors (Lipinski definition) is 0. The molecule has 2 aromatic heterocycles. The molecule has 0 atom stereocenters. The molecule has 0 amide bonds. The lowest BCUT2D eigenvalue weighted by Gasteiger charge is -2.26. The maximum absolute atomic E-state index is 14.8. The van der Waals surface area contributed by atoms with Crippen molar-refractivity contribution in [1.82, 2.24) is 9.97 Å². The number of pyridine rings is 2. The number of halogens is 4. The van der Waals surface area contributed by atoms with Crippen molar-refractivity contribution in [2.24, 2.45) is 0 Å². The van der Waals surface area contributed by atoms with E-state index in [0.29, 0.717) is 23.4 Å². The highest BCUT2D eigenvalue weighted by Gasteiger charge is 2.32. The summed E-state index contributed by atoms with van der Waals surface area (Å²) in [5, 5.41) is 0. The molecule has 0 saturated heterocycles. The molecule has 2 rings (SSSR count). The molecule has 0 fully saturated rings. The van der Waals surface area contributed by atoms with Crippen LogP contribution in [0.1, 0.15) is 57.1 Å². The second-order valence-electron chi connectivity index (χ2n) is 7.87. The van der Waals surface area contributed by atoms with Crippen molar-refractivity contribution in [3.8, 4) is 0 Å². The number of hydrogen-bond acceptors (Lipinski definition) is 2. The molecule has 0 bridgehead atoms. The fourth-order valence-electron chi connectivity index (χ4n) is 2.67. The monoisotopic (exact) mass is 354 g/mol. The predicted octanol–water partition coefficient (Wildman–Crippen LogP) is 5.45. The quantitative estimate of drug-likeness (QED) is 0.685. The van der Waals surface area contributed by atoms with Crippen LogP contribution in [0.2, 0.25) is 0 Å². The zero-order valence-corrected chi connectivity index (χ0v) is 15.0. The van der Waals surface area contributed by atoms with Gasteiger partial charge in [-0.1, -0.05) is 34.6 Å². The van der Waals surface area contributed by atoms with Crippen molar-refractivity contribution >= 4 is 0 Å². The zero-order valence-electron chi connectivity index (χ0n) is 15.0. The minimum Gasteiger partial charge on any atom is -0.260 e. The fourth-order valence-corrected chi connectivity index (χ4v) is 2.67. The first-order chi connectivity index (χ1) is 11.3. The van der Waals surface area contributed by atoms with Gasteiger partial charge in [0.25, 0.3) is 0 Å². The molecular formula is C19H22F4N2. The maximum Gasteiger partial charge on any atom is 0.417 e. The highest BCUT2D eigenvalue weighted by Crippen LogP contribution is 2.33. The molecule has 0 aliphatic heterocycles. The Kier molecular flexibility index (Phi) is 4.94. The Bertz CT molecular complexity index is 741. The number of aromatic nitrogens is 2. The molecule has 0 saturated carbocycles. The Morgan fingerprint density at radius 3 is 2.04 bits per heavy atom. The van der Waals surface area contributed by atoms with Crippen molar-refractivity contribution in [3.63, 3.8) is 0 Å². The predicted molar refractivity (Wildman–Crippen MR) is 88.9 cm³/mol. The molecule has 0 N–H and O–H groups in total. The first kappa shape index (κ1) is 19.3. The summed E-state index contributed by atoms with van der Waals surface area (Å²) >= 11 is 0. The smallest absolute Gasteiger partial charge is 0.260 e. The highest BCUT2D eigenvalue weighted by atomic mass is 19.4. The topological polar surface area (TPSA) is 25.8 Å². The SMILES string of the molecule is CC(C)(C)c1nccc(CC(C)(C)c2ccc(C(F)(F)F)cn2)c1F. The van der Waals surface area contributed by atoms with Gasteiger partial charge in [0.1, 0.15) is 5.82 Å². The molecule has 6 heteroatoms. The first-order valence-electron chi connectivity index (χ1n) is 8.00. The van der Waals surface area contributed by atoms with Gasteiger partial charge in [-0.25, -0.2) is 4.39 Å². The van der Waals surface area contributed by atoms with E-state index in [1.165, 1.54) is 6.07 Å². The summed E-state index contributed by atoms with van der Waals surface area (Å²) in [5.41, 5.74) is -0.516. The van der Waals surface area contributed by atoms with Crippen LogP contribution in [-0.4, -0.2) is 9.97 Å². The molecule has 0 radical (unpaired) electrons. The van der Waals surface area contributed by atoms with Gasteiger partial charge in [0.05, 0.1) is 11.3 Å². The Morgan fingerprint density at radius 2 is 1.56 bits per heavy atom. The van der Waals surface area contributed by atoms with Gasteiger partial charge in [-0.2, -0.15) is 13.2 Å². The summed E-state index contributed by atoms with van der Waals surface area (Å²) in [4.78, 5) is 8.09. The maximum atomic E-state index is 14.8. The Morgan fingerprint density at radius 1 is 0.920 bits per heavy atom. The first-order valence-corrected chi connectivity index (χ1v) is 8.00. The van der Waals surface area contributed by atoms with Crippen LogP contribution in [-0.2, 0) is 23.4 Å². The van der Waals surface area contributed by atoms with E-state index in [4.69, 9.17) is 0 Å². The lowest BCUT2D eigenvalue weighted by atomic mass is 9.81. The average molecular weight is 354 g/mol. The summed E-state index contributed by atoms with van der Waals surface area (Å²) in [6.07, 6.45) is -1.73. The second kappa shape index (κ2) is 6.39. The van der Waals surface area contributed by atoms with Crippen LogP contribution in [0, 0.1) is 5.82 Å². The van der Waals surface area contributed by atoms with Crippen LogP contribution in [0.5, 0.6) is 0 Å². The molecule has 2 heterocycles. The molecule has 0 aliphatic rings. The fraction of sp³-hybridized carbons (Fsp3) is 0.474. The summed E-state index contributed by atoms with van der Waals surface area (Å²) < 4.78 is 52.8. The van der Waals surface area contributed by atoms with Gasteiger partial charge in [-0.15, -0.1) is 0 Å². The van der Waals surface area contributed by atoms with Crippen LogP contribution in [0.15, 0.2) is 30.6 Å². The molecule has 2 aromatic rings. The third-order valence-electron chi connectivity index (χ3n) is 4.10. The van der Waals surface area contributed by atoms with E-state index >= 15 is 0 Å². The van der Waals surface area contributed by atoms with Crippen molar-refractivity contribution in [2.45, 2.75) is 58.0 Å². The number of nitrogens with zero attached hydrogens (tertiary/aromatic N) is 2. The normalized spacial score (nSPS) is 13.2. The molecule has 25 heavy (non-hydrogen) atoms. The Balaban J connectivity index is 2.33. The number of alkyl halides is 3. The van der Waals surface area contributed by atoms with Gasteiger partial charge in [0, 0.05) is 28.9 Å². The minimum absolute atomic E-state index is 0.308. The molecule has 136 valence electrons. The number of rotatable bonds is 3. The van der Waals surface area contributed by atoms with Gasteiger partial charge in [0.2, 0.25) is 0 Å². The van der Waals surface area contributed by atoms with E-state index < -0.39 is 22.6 Å². The van der Waals surface area contributed by atoms with Crippen LogP contribution in [0.25, 0.3) is 0 Å². The van der Waals surface area contributed by atoms with E-state index in [-0.39, 0.29) is 5.82 Å². The molecule has 0 spiro atoms. The third-order valence-corrected chi connectivity index (χ3v) is 4.10. The van der Waals surface area contributed by atoms with Gasteiger partial charge in [0.15, 0.2) is 0 Å². The third kappa shape index (κ3) is 4.35. The molecule has 0 aliphatic carbocycles. The summed E-state index contributed by atoms with van der Waals surface area (Å²) in [6.45, 7) is 9.30. The summed E-state index contributed by atoms with van der Waals surface area (Å²) in [7, 11) is 0.